The molecule has 1 aromatic carbocycles. The predicted octanol–water partition coefficient (Wildman–Crippen LogP) is 3.02. The van der Waals surface area contributed by atoms with Gasteiger partial charge < -0.3 is 5.32 Å². The van der Waals surface area contributed by atoms with Gasteiger partial charge in [0.25, 0.3) is 0 Å². The number of hydrogen-bond acceptors (Lipinski definition) is 2. The zero-order chi connectivity index (χ0) is 12.3. The number of benzene rings is 1. The topological polar surface area (TPSA) is 29.1 Å². The third-order valence-electron chi connectivity index (χ3n) is 3.45. The zero-order valence-corrected chi connectivity index (χ0v) is 10.8. The van der Waals surface area contributed by atoms with E-state index in [1.807, 2.05) is 26.0 Å². The summed E-state index contributed by atoms with van der Waals surface area (Å²) in [6.07, 6.45) is 5.05. The molecule has 1 aliphatic rings. The maximum Gasteiger partial charge on any atom is 0.176 e. The van der Waals surface area contributed by atoms with Gasteiger partial charge in [-0.3, -0.25) is 4.79 Å². The molecule has 1 N–H and O–H groups in total. The molecule has 1 aromatic rings. The molecule has 0 atom stereocenters. The predicted molar refractivity (Wildman–Crippen MR) is 70.5 cm³/mol. The SMILES string of the molecule is Cc1cc(C)cc(C(=O)CNC2CCCC2)c1. The van der Waals surface area contributed by atoms with E-state index in [2.05, 4.69) is 11.4 Å². The van der Waals surface area contributed by atoms with E-state index >= 15 is 0 Å². The summed E-state index contributed by atoms with van der Waals surface area (Å²) in [5.41, 5.74) is 3.16. The van der Waals surface area contributed by atoms with Crippen LogP contribution in [0.4, 0.5) is 0 Å². The highest BCUT2D eigenvalue weighted by atomic mass is 16.1. The highest BCUT2D eigenvalue weighted by Gasteiger charge is 2.15. The number of aryl methyl sites for hydroxylation is 2. The van der Waals surface area contributed by atoms with Gasteiger partial charge in [-0.25, -0.2) is 0 Å². The average Bonchev–Trinajstić information content (AvgIpc) is 2.77. The summed E-state index contributed by atoms with van der Waals surface area (Å²) in [7, 11) is 0. The van der Waals surface area contributed by atoms with E-state index in [4.69, 9.17) is 0 Å². The quantitative estimate of drug-likeness (QED) is 0.807. The van der Waals surface area contributed by atoms with E-state index < -0.39 is 0 Å². The van der Waals surface area contributed by atoms with Crippen LogP contribution in [-0.4, -0.2) is 18.4 Å². The number of carbonyl (C=O) groups is 1. The molecule has 0 saturated heterocycles. The number of rotatable bonds is 4. The van der Waals surface area contributed by atoms with E-state index in [1.165, 1.54) is 25.7 Å². The molecule has 0 unspecified atom stereocenters. The smallest absolute Gasteiger partial charge is 0.176 e. The molecular weight excluding hydrogens is 210 g/mol. The van der Waals surface area contributed by atoms with E-state index in [9.17, 15) is 4.79 Å². The molecule has 2 nitrogen and oxygen atoms in total. The first-order valence-corrected chi connectivity index (χ1v) is 6.50. The Balaban J connectivity index is 1.94. The fourth-order valence-corrected chi connectivity index (χ4v) is 2.60. The van der Waals surface area contributed by atoms with E-state index in [0.29, 0.717) is 12.6 Å². The number of nitrogens with one attached hydrogen (secondary N) is 1. The van der Waals surface area contributed by atoms with E-state index in [-0.39, 0.29) is 5.78 Å². The minimum atomic E-state index is 0.212. The molecule has 0 amide bonds. The molecule has 0 spiro atoms. The number of hydrogen-bond donors (Lipinski definition) is 1. The van der Waals surface area contributed by atoms with Crippen molar-refractivity contribution >= 4 is 5.78 Å². The van der Waals surface area contributed by atoms with Gasteiger partial charge in [-0.2, -0.15) is 0 Å². The van der Waals surface area contributed by atoms with Gasteiger partial charge in [0.1, 0.15) is 0 Å². The maximum atomic E-state index is 12.0. The van der Waals surface area contributed by atoms with Crippen LogP contribution >= 0.6 is 0 Å². The van der Waals surface area contributed by atoms with Crippen LogP contribution in [0.3, 0.4) is 0 Å². The fourth-order valence-electron chi connectivity index (χ4n) is 2.60. The third kappa shape index (κ3) is 3.40. The Morgan fingerprint density at radius 2 is 1.76 bits per heavy atom. The minimum absolute atomic E-state index is 0.212. The van der Waals surface area contributed by atoms with Crippen LogP contribution in [0.2, 0.25) is 0 Å². The van der Waals surface area contributed by atoms with Crippen LogP contribution in [0.5, 0.6) is 0 Å². The van der Waals surface area contributed by atoms with Crippen LogP contribution in [0, 0.1) is 13.8 Å². The lowest BCUT2D eigenvalue weighted by Gasteiger charge is -2.11. The van der Waals surface area contributed by atoms with Crippen LogP contribution in [0.1, 0.15) is 47.2 Å². The summed E-state index contributed by atoms with van der Waals surface area (Å²) in [5.74, 6) is 0.212. The van der Waals surface area contributed by atoms with Gasteiger partial charge in [-0.05, 0) is 38.8 Å². The standard InChI is InChI=1S/C15H21NO/c1-11-7-12(2)9-13(8-11)15(17)10-16-14-5-3-4-6-14/h7-9,14,16H,3-6,10H2,1-2H3. The second-order valence-corrected chi connectivity index (χ2v) is 5.16. The van der Waals surface area contributed by atoms with Crippen molar-refractivity contribution < 1.29 is 4.79 Å². The summed E-state index contributed by atoms with van der Waals surface area (Å²) in [6.45, 7) is 4.55. The fraction of sp³-hybridized carbons (Fsp3) is 0.533. The van der Waals surface area contributed by atoms with E-state index in [1.54, 1.807) is 0 Å². The van der Waals surface area contributed by atoms with Crippen LogP contribution < -0.4 is 5.32 Å². The molecule has 0 bridgehead atoms. The lowest BCUT2D eigenvalue weighted by Crippen LogP contribution is -2.31. The number of Topliss-reactive ketones (excluding diaryl/α,β-unsaturated/α-hetero) is 1. The monoisotopic (exact) mass is 231 g/mol. The molecule has 0 heterocycles. The zero-order valence-electron chi connectivity index (χ0n) is 10.8. The first-order chi connectivity index (χ1) is 8.15. The average molecular weight is 231 g/mol. The third-order valence-corrected chi connectivity index (χ3v) is 3.45. The Kier molecular flexibility index (Phi) is 3.95. The van der Waals surface area contributed by atoms with Crippen LogP contribution in [0.15, 0.2) is 18.2 Å². The minimum Gasteiger partial charge on any atom is -0.307 e. The van der Waals surface area contributed by atoms with Gasteiger partial charge >= 0.3 is 0 Å². The molecule has 0 aliphatic heterocycles. The van der Waals surface area contributed by atoms with Crippen molar-refractivity contribution in [3.63, 3.8) is 0 Å². The summed E-state index contributed by atoms with van der Waals surface area (Å²) in [5, 5.41) is 3.37. The van der Waals surface area contributed by atoms with E-state index in [0.717, 1.165) is 16.7 Å². The molecular formula is C15H21NO. The van der Waals surface area contributed by atoms with Gasteiger partial charge in [0, 0.05) is 11.6 Å². The Morgan fingerprint density at radius 1 is 1.18 bits per heavy atom. The van der Waals surface area contributed by atoms with Crippen molar-refractivity contribution in [2.45, 2.75) is 45.6 Å². The molecule has 92 valence electrons. The van der Waals surface area contributed by atoms with Crippen molar-refractivity contribution in [2.24, 2.45) is 0 Å². The van der Waals surface area contributed by atoms with Crippen LogP contribution in [0.25, 0.3) is 0 Å². The second kappa shape index (κ2) is 5.46. The van der Waals surface area contributed by atoms with Crippen molar-refractivity contribution in [3.05, 3.63) is 34.9 Å². The molecule has 2 rings (SSSR count). The molecule has 1 fully saturated rings. The normalized spacial score (nSPS) is 16.4. The lowest BCUT2D eigenvalue weighted by atomic mass is 10.0. The van der Waals surface area contributed by atoms with Gasteiger partial charge in [0.05, 0.1) is 6.54 Å². The van der Waals surface area contributed by atoms with Gasteiger partial charge in [0.2, 0.25) is 0 Å². The van der Waals surface area contributed by atoms with Gasteiger partial charge in [-0.15, -0.1) is 0 Å². The Bertz CT molecular complexity index is 385. The Labute approximate surface area is 103 Å². The second-order valence-electron chi connectivity index (χ2n) is 5.16. The van der Waals surface area contributed by atoms with Crippen molar-refractivity contribution in [3.8, 4) is 0 Å². The Hall–Kier alpha value is -1.15. The molecule has 2 heteroatoms. The van der Waals surface area contributed by atoms with Crippen molar-refractivity contribution in [2.75, 3.05) is 6.54 Å². The summed E-state index contributed by atoms with van der Waals surface area (Å²) >= 11 is 0. The largest absolute Gasteiger partial charge is 0.307 e. The first kappa shape index (κ1) is 12.3. The van der Waals surface area contributed by atoms with Gasteiger partial charge in [-0.1, -0.05) is 30.0 Å². The molecule has 17 heavy (non-hydrogen) atoms. The van der Waals surface area contributed by atoms with Crippen molar-refractivity contribution in [1.29, 1.82) is 0 Å². The summed E-state index contributed by atoms with van der Waals surface area (Å²) in [4.78, 5) is 12.0. The van der Waals surface area contributed by atoms with Gasteiger partial charge in [0.15, 0.2) is 5.78 Å². The number of ketones is 1. The summed E-state index contributed by atoms with van der Waals surface area (Å²) < 4.78 is 0. The highest BCUT2D eigenvalue weighted by Crippen LogP contribution is 2.17. The molecule has 1 aliphatic carbocycles. The first-order valence-electron chi connectivity index (χ1n) is 6.50. The molecule has 0 aromatic heterocycles. The lowest BCUT2D eigenvalue weighted by molar-refractivity contribution is 0.0987. The maximum absolute atomic E-state index is 12.0. The Morgan fingerprint density at radius 3 is 2.35 bits per heavy atom. The molecule has 1 saturated carbocycles. The van der Waals surface area contributed by atoms with Crippen molar-refractivity contribution in [1.82, 2.24) is 5.32 Å². The highest BCUT2D eigenvalue weighted by molar-refractivity contribution is 5.98. The summed E-state index contributed by atoms with van der Waals surface area (Å²) in [6, 6.07) is 6.61. The number of carbonyl (C=O) groups excluding carboxylic acids is 1. The molecule has 0 radical (unpaired) electrons. The van der Waals surface area contributed by atoms with Crippen LogP contribution in [-0.2, 0) is 0 Å².